The van der Waals surface area contributed by atoms with Gasteiger partial charge in [0.25, 0.3) is 0 Å². The molecule has 2 aromatic carbocycles. The molecule has 156 valence electrons. The second-order valence-electron chi connectivity index (χ2n) is 6.92. The first-order valence-corrected chi connectivity index (χ1v) is 9.81. The average Bonchev–Trinajstić information content (AvgIpc) is 3.42. The van der Waals surface area contributed by atoms with E-state index in [1.54, 1.807) is 11.1 Å². The molecule has 0 saturated carbocycles. The van der Waals surface area contributed by atoms with Crippen LogP contribution < -0.4 is 15.1 Å². The van der Waals surface area contributed by atoms with E-state index in [1.165, 1.54) is 0 Å². The Morgan fingerprint density at radius 1 is 1.27 bits per heavy atom. The number of para-hydroxylation sites is 1. The molecule has 1 aromatic heterocycles. The van der Waals surface area contributed by atoms with Crippen molar-refractivity contribution in [2.24, 2.45) is 0 Å². The van der Waals surface area contributed by atoms with Crippen molar-refractivity contribution in [3.8, 4) is 11.3 Å². The highest BCUT2D eigenvalue weighted by molar-refractivity contribution is 5.94. The standard InChI is InChI=1S/C22H24N4O4/c1-16-5-2-3-8-19(16)26(15-29-12-11-27)22-24-14-20(30-22)17-6-4-7-18(13-17)25-10-9-23-21(25)28/h2-8,13-14,27H,9-12,15H2,1H3,(H,23,28). The molecule has 3 aromatic rings. The number of nitrogens with one attached hydrogen (secondary N) is 1. The predicted molar refractivity (Wildman–Crippen MR) is 114 cm³/mol. The molecule has 2 N–H and O–H groups in total. The van der Waals surface area contributed by atoms with Crippen LogP contribution >= 0.6 is 0 Å². The second-order valence-corrected chi connectivity index (χ2v) is 6.92. The van der Waals surface area contributed by atoms with Gasteiger partial charge in [-0.25, -0.2) is 9.78 Å². The minimum absolute atomic E-state index is 0.0602. The maximum Gasteiger partial charge on any atom is 0.321 e. The summed E-state index contributed by atoms with van der Waals surface area (Å²) < 4.78 is 11.6. The van der Waals surface area contributed by atoms with Crippen molar-refractivity contribution < 1.29 is 19.1 Å². The first-order chi connectivity index (χ1) is 14.7. The molecule has 2 heterocycles. The van der Waals surface area contributed by atoms with E-state index in [0.29, 0.717) is 24.9 Å². The maximum atomic E-state index is 12.0. The number of rotatable bonds is 8. The summed E-state index contributed by atoms with van der Waals surface area (Å²) in [5, 5.41) is 11.9. The van der Waals surface area contributed by atoms with Crippen molar-refractivity contribution in [1.82, 2.24) is 10.3 Å². The Morgan fingerprint density at radius 3 is 2.90 bits per heavy atom. The van der Waals surface area contributed by atoms with Crippen LogP contribution in [0.4, 0.5) is 22.2 Å². The van der Waals surface area contributed by atoms with Gasteiger partial charge in [-0.2, -0.15) is 0 Å². The summed E-state index contributed by atoms with van der Waals surface area (Å²) in [7, 11) is 0. The molecule has 0 aliphatic carbocycles. The largest absolute Gasteiger partial charge is 0.423 e. The van der Waals surface area contributed by atoms with Gasteiger partial charge in [0.2, 0.25) is 0 Å². The molecule has 1 aliphatic heterocycles. The monoisotopic (exact) mass is 408 g/mol. The maximum absolute atomic E-state index is 12.0. The van der Waals surface area contributed by atoms with Crippen molar-refractivity contribution >= 4 is 23.4 Å². The molecule has 0 bridgehead atoms. The Morgan fingerprint density at radius 2 is 2.13 bits per heavy atom. The molecule has 1 fully saturated rings. The van der Waals surface area contributed by atoms with Crippen LogP contribution in [-0.2, 0) is 4.74 Å². The SMILES string of the molecule is Cc1ccccc1N(COCCO)c1ncc(-c2cccc(N3CCNC3=O)c2)o1. The summed E-state index contributed by atoms with van der Waals surface area (Å²) in [5.74, 6) is 0.590. The van der Waals surface area contributed by atoms with E-state index in [9.17, 15) is 4.79 Å². The number of aryl methyl sites for hydroxylation is 1. The van der Waals surface area contributed by atoms with Gasteiger partial charge in [0.1, 0.15) is 6.73 Å². The number of aliphatic hydroxyl groups excluding tert-OH is 1. The first-order valence-electron chi connectivity index (χ1n) is 9.81. The molecular weight excluding hydrogens is 384 g/mol. The van der Waals surface area contributed by atoms with E-state index < -0.39 is 0 Å². The Kier molecular flexibility index (Phi) is 5.97. The van der Waals surface area contributed by atoms with Crippen molar-refractivity contribution in [3.63, 3.8) is 0 Å². The number of oxazole rings is 1. The van der Waals surface area contributed by atoms with Crippen LogP contribution in [0.2, 0.25) is 0 Å². The van der Waals surface area contributed by atoms with Gasteiger partial charge in [-0.3, -0.25) is 9.80 Å². The molecule has 0 atom stereocenters. The number of hydrogen-bond acceptors (Lipinski definition) is 6. The molecule has 8 heteroatoms. The van der Waals surface area contributed by atoms with Crippen molar-refractivity contribution in [3.05, 3.63) is 60.3 Å². The third-order valence-corrected chi connectivity index (χ3v) is 4.89. The quantitative estimate of drug-likeness (QED) is 0.439. The minimum Gasteiger partial charge on any atom is -0.423 e. The molecule has 1 aliphatic rings. The van der Waals surface area contributed by atoms with Crippen LogP contribution in [0, 0.1) is 6.92 Å². The highest BCUT2D eigenvalue weighted by atomic mass is 16.5. The Balaban J connectivity index is 1.62. The number of urea groups is 1. The number of benzene rings is 2. The van der Waals surface area contributed by atoms with Gasteiger partial charge < -0.3 is 19.6 Å². The lowest BCUT2D eigenvalue weighted by Gasteiger charge is -2.22. The van der Waals surface area contributed by atoms with Crippen LogP contribution in [0.3, 0.4) is 0 Å². The van der Waals surface area contributed by atoms with Crippen LogP contribution in [0.25, 0.3) is 11.3 Å². The topological polar surface area (TPSA) is 91.1 Å². The molecule has 1 saturated heterocycles. The van der Waals surface area contributed by atoms with Crippen LogP contribution in [0.15, 0.2) is 59.1 Å². The fourth-order valence-corrected chi connectivity index (χ4v) is 3.38. The van der Waals surface area contributed by atoms with Gasteiger partial charge in [-0.15, -0.1) is 0 Å². The van der Waals surface area contributed by atoms with Gasteiger partial charge in [0, 0.05) is 24.3 Å². The normalized spacial score (nSPS) is 13.5. The molecule has 0 unspecified atom stereocenters. The fraction of sp³-hybridized carbons (Fsp3) is 0.273. The molecule has 0 spiro atoms. The summed E-state index contributed by atoms with van der Waals surface area (Å²) in [6.45, 7) is 3.62. The summed E-state index contributed by atoms with van der Waals surface area (Å²) >= 11 is 0. The summed E-state index contributed by atoms with van der Waals surface area (Å²) in [5.41, 5.74) is 3.59. The van der Waals surface area contributed by atoms with Gasteiger partial charge in [0.15, 0.2) is 5.76 Å². The average molecular weight is 408 g/mol. The van der Waals surface area contributed by atoms with E-state index in [2.05, 4.69) is 10.3 Å². The number of carbonyl (C=O) groups excluding carboxylic acids is 1. The summed E-state index contributed by atoms with van der Waals surface area (Å²) in [6.07, 6.45) is 1.66. The number of carbonyl (C=O) groups is 1. The van der Waals surface area contributed by atoms with Gasteiger partial charge >= 0.3 is 12.0 Å². The first kappa shape index (κ1) is 19.9. The van der Waals surface area contributed by atoms with Crippen molar-refractivity contribution in [1.29, 1.82) is 0 Å². The predicted octanol–water partition coefficient (Wildman–Crippen LogP) is 3.28. The minimum atomic E-state index is -0.0998. The smallest absolute Gasteiger partial charge is 0.321 e. The summed E-state index contributed by atoms with van der Waals surface area (Å²) in [6, 6.07) is 15.8. The Bertz CT molecular complexity index is 1020. The molecule has 30 heavy (non-hydrogen) atoms. The van der Waals surface area contributed by atoms with E-state index in [0.717, 1.165) is 22.5 Å². The molecule has 4 rings (SSSR count). The number of aliphatic hydroxyl groups is 1. The number of nitrogens with zero attached hydrogens (tertiary/aromatic N) is 3. The number of aromatic nitrogens is 1. The summed E-state index contributed by atoms with van der Waals surface area (Å²) in [4.78, 5) is 19.9. The Hall–Kier alpha value is -3.36. The molecule has 8 nitrogen and oxygen atoms in total. The van der Waals surface area contributed by atoms with Crippen LogP contribution in [0.1, 0.15) is 5.56 Å². The van der Waals surface area contributed by atoms with E-state index in [-0.39, 0.29) is 26.0 Å². The third-order valence-electron chi connectivity index (χ3n) is 4.89. The lowest BCUT2D eigenvalue weighted by atomic mass is 10.1. The number of hydrogen-bond donors (Lipinski definition) is 2. The van der Waals surface area contributed by atoms with E-state index in [1.807, 2.05) is 60.4 Å². The number of ether oxygens (including phenoxy) is 1. The van der Waals surface area contributed by atoms with Crippen LogP contribution in [-0.4, -0.2) is 49.2 Å². The number of amides is 2. The van der Waals surface area contributed by atoms with Gasteiger partial charge in [0.05, 0.1) is 25.1 Å². The lowest BCUT2D eigenvalue weighted by molar-refractivity contribution is 0.0951. The van der Waals surface area contributed by atoms with Gasteiger partial charge in [-0.1, -0.05) is 30.3 Å². The fourth-order valence-electron chi connectivity index (χ4n) is 3.38. The highest BCUT2D eigenvalue weighted by Gasteiger charge is 2.22. The third kappa shape index (κ3) is 4.14. The zero-order valence-electron chi connectivity index (χ0n) is 16.7. The van der Waals surface area contributed by atoms with Gasteiger partial charge in [-0.05, 0) is 30.7 Å². The second kappa shape index (κ2) is 8.98. The van der Waals surface area contributed by atoms with E-state index >= 15 is 0 Å². The molecule has 2 amide bonds. The lowest BCUT2D eigenvalue weighted by Crippen LogP contribution is -2.27. The number of anilines is 3. The molecular formula is C22H24N4O4. The highest BCUT2D eigenvalue weighted by Crippen LogP contribution is 2.32. The van der Waals surface area contributed by atoms with Crippen molar-refractivity contribution in [2.75, 3.05) is 42.8 Å². The molecule has 0 radical (unpaired) electrons. The Labute approximate surface area is 174 Å². The zero-order valence-corrected chi connectivity index (χ0v) is 16.7. The zero-order chi connectivity index (χ0) is 20.9. The van der Waals surface area contributed by atoms with E-state index in [4.69, 9.17) is 14.3 Å². The van der Waals surface area contributed by atoms with Crippen molar-refractivity contribution in [2.45, 2.75) is 6.92 Å². The van der Waals surface area contributed by atoms with Crippen LogP contribution in [0.5, 0.6) is 0 Å².